The Balaban J connectivity index is 1.78. The maximum atomic E-state index is 11.6. The fourth-order valence-corrected chi connectivity index (χ4v) is 1.81. The minimum Gasteiger partial charge on any atom is -0.484 e. The third-order valence-corrected chi connectivity index (χ3v) is 2.87. The molecule has 0 aliphatic heterocycles. The summed E-state index contributed by atoms with van der Waals surface area (Å²) in [6, 6.07) is 13.4. The first kappa shape index (κ1) is 15.8. The molecule has 0 aliphatic carbocycles. The molecule has 0 heterocycles. The Morgan fingerprint density at radius 1 is 0.955 bits per heavy atom. The van der Waals surface area contributed by atoms with Crippen molar-refractivity contribution < 1.29 is 19.1 Å². The summed E-state index contributed by atoms with van der Waals surface area (Å²) in [6.45, 7) is 1.94. The van der Waals surface area contributed by atoms with E-state index in [1.165, 1.54) is 0 Å². The van der Waals surface area contributed by atoms with E-state index in [0.29, 0.717) is 12.4 Å². The molecule has 2 aromatic rings. The van der Waals surface area contributed by atoms with Crippen LogP contribution in [0.1, 0.15) is 6.92 Å². The van der Waals surface area contributed by atoms with E-state index in [1.54, 1.807) is 13.0 Å². The fraction of sp³-hybridized carbons (Fsp3) is 0.250. The van der Waals surface area contributed by atoms with E-state index >= 15 is 0 Å². The number of carbonyl (C=O) groups excluding carboxylic acids is 2. The molecule has 0 aromatic heterocycles. The zero-order valence-electron chi connectivity index (χ0n) is 12.3. The molecule has 0 saturated heterocycles. The van der Waals surface area contributed by atoms with Crippen LogP contribution in [0.4, 0.5) is 0 Å². The summed E-state index contributed by atoms with van der Waals surface area (Å²) >= 11 is 0. The number of nitrogens with one attached hydrogen (secondary N) is 2. The van der Waals surface area contributed by atoms with E-state index in [2.05, 4.69) is 10.9 Å². The second-order valence-corrected chi connectivity index (χ2v) is 4.53. The van der Waals surface area contributed by atoms with Crippen LogP contribution in [-0.2, 0) is 14.3 Å². The molecule has 0 aliphatic rings. The van der Waals surface area contributed by atoms with E-state index < -0.39 is 11.8 Å². The van der Waals surface area contributed by atoms with E-state index in [-0.39, 0.29) is 13.2 Å². The molecule has 0 fully saturated rings. The molecule has 0 atom stereocenters. The zero-order valence-corrected chi connectivity index (χ0v) is 12.3. The number of amides is 2. The molecule has 0 radical (unpaired) electrons. The first-order chi connectivity index (χ1) is 10.7. The maximum Gasteiger partial charge on any atom is 0.276 e. The summed E-state index contributed by atoms with van der Waals surface area (Å²) in [7, 11) is 0. The topological polar surface area (TPSA) is 76.7 Å². The number of hydrogen-bond acceptors (Lipinski definition) is 4. The summed E-state index contributed by atoms with van der Waals surface area (Å²) in [5, 5.41) is 2.13. The van der Waals surface area contributed by atoms with Gasteiger partial charge in [0.2, 0.25) is 0 Å². The Kier molecular flexibility index (Phi) is 5.73. The smallest absolute Gasteiger partial charge is 0.276 e. The second kappa shape index (κ2) is 7.99. The first-order valence-corrected chi connectivity index (χ1v) is 6.96. The van der Waals surface area contributed by atoms with Gasteiger partial charge in [0.1, 0.15) is 12.4 Å². The highest BCUT2D eigenvalue weighted by Crippen LogP contribution is 2.20. The van der Waals surface area contributed by atoms with Crippen molar-refractivity contribution in [1.82, 2.24) is 10.9 Å². The second-order valence-electron chi connectivity index (χ2n) is 4.53. The van der Waals surface area contributed by atoms with Gasteiger partial charge in [0.25, 0.3) is 11.8 Å². The van der Waals surface area contributed by atoms with Crippen LogP contribution >= 0.6 is 0 Å². The highest BCUT2D eigenvalue weighted by atomic mass is 16.5. The zero-order chi connectivity index (χ0) is 15.8. The number of hydrogen-bond donors (Lipinski definition) is 2. The Morgan fingerprint density at radius 3 is 2.36 bits per heavy atom. The molecule has 0 saturated carbocycles. The van der Waals surface area contributed by atoms with Crippen molar-refractivity contribution in [2.45, 2.75) is 6.92 Å². The molecule has 22 heavy (non-hydrogen) atoms. The van der Waals surface area contributed by atoms with Crippen molar-refractivity contribution in [3.05, 3.63) is 42.5 Å². The van der Waals surface area contributed by atoms with Crippen molar-refractivity contribution in [2.24, 2.45) is 0 Å². The van der Waals surface area contributed by atoms with Gasteiger partial charge in [-0.15, -0.1) is 0 Å². The molecule has 6 heteroatoms. The average molecular weight is 302 g/mol. The summed E-state index contributed by atoms with van der Waals surface area (Å²) < 4.78 is 10.3. The highest BCUT2D eigenvalue weighted by Gasteiger charge is 2.06. The van der Waals surface area contributed by atoms with Gasteiger partial charge in [-0.2, -0.15) is 0 Å². The van der Waals surface area contributed by atoms with Crippen LogP contribution in [0.5, 0.6) is 5.75 Å². The van der Waals surface area contributed by atoms with Gasteiger partial charge in [-0.25, -0.2) is 0 Å². The number of ether oxygens (including phenoxy) is 2. The van der Waals surface area contributed by atoms with Gasteiger partial charge >= 0.3 is 0 Å². The highest BCUT2D eigenvalue weighted by molar-refractivity contribution is 5.85. The van der Waals surface area contributed by atoms with E-state index in [1.807, 2.05) is 36.4 Å². The van der Waals surface area contributed by atoms with Crippen molar-refractivity contribution in [3.63, 3.8) is 0 Å². The van der Waals surface area contributed by atoms with Crippen LogP contribution in [0.2, 0.25) is 0 Å². The molecular formula is C16H18N2O4. The standard InChI is InChI=1S/C16H18N2O4/c1-2-21-10-15(19)17-18-16(20)11-22-14-8-7-12-5-3-4-6-13(12)9-14/h3-9H,2,10-11H2,1H3,(H,17,19)(H,18,20). The molecule has 0 bridgehead atoms. The van der Waals surface area contributed by atoms with Crippen LogP contribution in [0.15, 0.2) is 42.5 Å². The van der Waals surface area contributed by atoms with Crippen molar-refractivity contribution in [2.75, 3.05) is 19.8 Å². The quantitative estimate of drug-likeness (QED) is 0.791. The third kappa shape index (κ3) is 4.75. The number of hydrazine groups is 1. The van der Waals surface area contributed by atoms with Crippen molar-refractivity contribution in [1.29, 1.82) is 0 Å². The summed E-state index contributed by atoms with van der Waals surface area (Å²) in [5.74, 6) is -0.270. The lowest BCUT2D eigenvalue weighted by molar-refractivity contribution is -0.132. The predicted octanol–water partition coefficient (Wildman–Crippen LogP) is 1.40. The monoisotopic (exact) mass is 302 g/mol. The summed E-state index contributed by atoms with van der Waals surface area (Å²) in [6.07, 6.45) is 0. The molecule has 2 N–H and O–H groups in total. The van der Waals surface area contributed by atoms with Crippen LogP contribution in [0, 0.1) is 0 Å². The average Bonchev–Trinajstić information content (AvgIpc) is 2.56. The third-order valence-electron chi connectivity index (χ3n) is 2.87. The largest absolute Gasteiger partial charge is 0.484 e. The lowest BCUT2D eigenvalue weighted by Crippen LogP contribution is -2.45. The lowest BCUT2D eigenvalue weighted by Gasteiger charge is -2.09. The molecule has 2 rings (SSSR count). The molecule has 0 unspecified atom stereocenters. The summed E-state index contributed by atoms with van der Waals surface area (Å²) in [4.78, 5) is 22.8. The molecule has 2 aromatic carbocycles. The van der Waals surface area contributed by atoms with Gasteiger partial charge in [-0.3, -0.25) is 20.4 Å². The summed E-state index contributed by atoms with van der Waals surface area (Å²) in [5.41, 5.74) is 4.49. The minimum atomic E-state index is -0.446. The normalized spacial score (nSPS) is 10.2. The Morgan fingerprint density at radius 2 is 1.64 bits per heavy atom. The van der Waals surface area contributed by atoms with Gasteiger partial charge in [0.15, 0.2) is 6.61 Å². The van der Waals surface area contributed by atoms with Gasteiger partial charge in [-0.05, 0) is 29.8 Å². The van der Waals surface area contributed by atoms with Crippen molar-refractivity contribution >= 4 is 22.6 Å². The molecule has 0 spiro atoms. The van der Waals surface area contributed by atoms with E-state index in [0.717, 1.165) is 10.8 Å². The number of fused-ring (bicyclic) bond motifs is 1. The van der Waals surface area contributed by atoms with E-state index in [4.69, 9.17) is 9.47 Å². The fourth-order valence-electron chi connectivity index (χ4n) is 1.81. The predicted molar refractivity (Wildman–Crippen MR) is 82.2 cm³/mol. The first-order valence-electron chi connectivity index (χ1n) is 6.96. The molecule has 116 valence electrons. The Bertz CT molecular complexity index is 657. The Labute approximate surface area is 128 Å². The number of carbonyl (C=O) groups is 2. The number of rotatable bonds is 6. The van der Waals surface area contributed by atoms with Crippen LogP contribution in [0.3, 0.4) is 0 Å². The van der Waals surface area contributed by atoms with Crippen LogP contribution in [0.25, 0.3) is 10.8 Å². The lowest BCUT2D eigenvalue weighted by atomic mass is 10.1. The van der Waals surface area contributed by atoms with Crippen LogP contribution in [-0.4, -0.2) is 31.6 Å². The van der Waals surface area contributed by atoms with E-state index in [9.17, 15) is 9.59 Å². The molecule has 2 amide bonds. The Hall–Kier alpha value is -2.60. The van der Waals surface area contributed by atoms with Crippen LogP contribution < -0.4 is 15.6 Å². The van der Waals surface area contributed by atoms with Crippen molar-refractivity contribution in [3.8, 4) is 5.75 Å². The molecule has 6 nitrogen and oxygen atoms in total. The van der Waals surface area contributed by atoms with Gasteiger partial charge in [-0.1, -0.05) is 30.3 Å². The van der Waals surface area contributed by atoms with Gasteiger partial charge in [0.05, 0.1) is 0 Å². The maximum absolute atomic E-state index is 11.6. The van der Waals surface area contributed by atoms with Gasteiger partial charge < -0.3 is 9.47 Å². The number of benzene rings is 2. The SMILES string of the molecule is CCOCC(=O)NNC(=O)COc1ccc2ccccc2c1. The van der Waals surface area contributed by atoms with Gasteiger partial charge in [0, 0.05) is 6.61 Å². The minimum absolute atomic E-state index is 0.0949. The molecular weight excluding hydrogens is 284 g/mol.